The molecule has 8 nitrogen and oxygen atoms in total. The Morgan fingerprint density at radius 2 is 1.95 bits per heavy atom. The molecule has 4 aliphatic heterocycles. The molecule has 4 heterocycles. The SMILES string of the molecule is CC(C)=CC(=O)OCC1=CC2C(=O)OC3CC(CC=C(C)CC(C)C=CCC4COC(C1O)C42)OC1(CCC(C)C(C)O1)C3. The Morgan fingerprint density at radius 3 is 2.70 bits per heavy atom. The molecule has 0 aromatic heterocycles. The van der Waals surface area contributed by atoms with Gasteiger partial charge in [0.05, 0.1) is 30.8 Å². The second-order valence-corrected chi connectivity index (χ2v) is 14.3. The highest BCUT2D eigenvalue weighted by atomic mass is 16.7. The van der Waals surface area contributed by atoms with Crippen molar-refractivity contribution in [3.8, 4) is 0 Å². The zero-order chi connectivity index (χ0) is 31.6. The summed E-state index contributed by atoms with van der Waals surface area (Å²) in [5.41, 5.74) is 2.62. The molecule has 244 valence electrons. The lowest BCUT2D eigenvalue weighted by Crippen LogP contribution is -2.54. The Balaban J connectivity index is 1.45. The van der Waals surface area contributed by atoms with Crippen LogP contribution in [0.4, 0.5) is 0 Å². The number of hydrogen-bond acceptors (Lipinski definition) is 8. The highest BCUT2D eigenvalue weighted by Gasteiger charge is 2.53. The first kappa shape index (κ1) is 33.1. The molecule has 2 bridgehead atoms. The summed E-state index contributed by atoms with van der Waals surface area (Å²) in [6.07, 6.45) is 13.2. The van der Waals surface area contributed by atoms with E-state index in [2.05, 4.69) is 45.9 Å². The molecule has 3 fully saturated rings. The fraction of sp³-hybridized carbons (Fsp3) is 0.722. The number of allylic oxidation sites excluding steroid dienone is 4. The average Bonchev–Trinajstić information content (AvgIpc) is 3.37. The minimum Gasteiger partial charge on any atom is -0.462 e. The van der Waals surface area contributed by atoms with Crippen molar-refractivity contribution in [3.63, 3.8) is 0 Å². The second-order valence-electron chi connectivity index (χ2n) is 14.3. The van der Waals surface area contributed by atoms with Gasteiger partial charge in [0.15, 0.2) is 5.79 Å². The van der Waals surface area contributed by atoms with Crippen LogP contribution in [0.2, 0.25) is 0 Å². The molecule has 11 unspecified atom stereocenters. The summed E-state index contributed by atoms with van der Waals surface area (Å²) in [5.74, 6) is -1.61. The van der Waals surface area contributed by atoms with Crippen molar-refractivity contribution in [1.82, 2.24) is 0 Å². The van der Waals surface area contributed by atoms with Crippen LogP contribution in [0.25, 0.3) is 0 Å². The molecular formula is C36H52O8. The topological polar surface area (TPSA) is 101 Å². The largest absolute Gasteiger partial charge is 0.462 e. The number of ether oxygens (including phenoxy) is 5. The molecule has 0 aromatic carbocycles. The zero-order valence-electron chi connectivity index (χ0n) is 27.3. The van der Waals surface area contributed by atoms with E-state index in [-0.39, 0.29) is 42.7 Å². The third-order valence-corrected chi connectivity index (χ3v) is 10.2. The summed E-state index contributed by atoms with van der Waals surface area (Å²) in [7, 11) is 0. The van der Waals surface area contributed by atoms with Crippen LogP contribution in [0.1, 0.15) is 86.5 Å². The van der Waals surface area contributed by atoms with E-state index in [0.29, 0.717) is 36.9 Å². The monoisotopic (exact) mass is 612 g/mol. The van der Waals surface area contributed by atoms with Crippen LogP contribution in [0.15, 0.2) is 47.1 Å². The maximum atomic E-state index is 14.2. The van der Waals surface area contributed by atoms with Crippen molar-refractivity contribution in [3.05, 3.63) is 47.1 Å². The number of aliphatic hydroxyl groups excluding tert-OH is 1. The number of aliphatic hydroxyl groups is 1. The molecule has 3 saturated heterocycles. The zero-order valence-corrected chi connectivity index (χ0v) is 27.3. The number of hydrogen-bond donors (Lipinski definition) is 1. The van der Waals surface area contributed by atoms with Gasteiger partial charge in [-0.1, -0.05) is 49.3 Å². The van der Waals surface area contributed by atoms with E-state index in [1.54, 1.807) is 6.08 Å². The number of rotatable bonds is 3. The van der Waals surface area contributed by atoms with Gasteiger partial charge in [0.1, 0.15) is 18.8 Å². The molecule has 5 rings (SSSR count). The Morgan fingerprint density at radius 1 is 1.16 bits per heavy atom. The van der Waals surface area contributed by atoms with E-state index in [0.717, 1.165) is 37.7 Å². The molecule has 0 saturated carbocycles. The third kappa shape index (κ3) is 7.75. The van der Waals surface area contributed by atoms with Crippen molar-refractivity contribution in [2.24, 2.45) is 29.6 Å². The molecule has 5 aliphatic rings. The van der Waals surface area contributed by atoms with Crippen LogP contribution in [0, 0.1) is 29.6 Å². The lowest BCUT2D eigenvalue weighted by molar-refractivity contribution is -0.332. The van der Waals surface area contributed by atoms with Gasteiger partial charge < -0.3 is 28.8 Å². The first-order valence-corrected chi connectivity index (χ1v) is 16.6. The summed E-state index contributed by atoms with van der Waals surface area (Å²) in [6.45, 7) is 12.7. The van der Waals surface area contributed by atoms with Crippen molar-refractivity contribution in [2.75, 3.05) is 13.2 Å². The normalized spacial score (nSPS) is 41.2. The lowest BCUT2D eigenvalue weighted by atomic mass is 9.71. The summed E-state index contributed by atoms with van der Waals surface area (Å²) in [5, 5.41) is 11.3. The van der Waals surface area contributed by atoms with Gasteiger partial charge in [-0.3, -0.25) is 4.79 Å². The van der Waals surface area contributed by atoms with Crippen molar-refractivity contribution in [1.29, 1.82) is 0 Å². The Labute approximate surface area is 262 Å². The Bertz CT molecular complexity index is 1180. The Kier molecular flexibility index (Phi) is 10.6. The predicted molar refractivity (Wildman–Crippen MR) is 166 cm³/mol. The molecule has 11 atom stereocenters. The second kappa shape index (κ2) is 14.0. The highest BCUT2D eigenvalue weighted by Crippen LogP contribution is 2.46. The fourth-order valence-electron chi connectivity index (χ4n) is 7.70. The summed E-state index contributed by atoms with van der Waals surface area (Å²) < 4.78 is 31.3. The van der Waals surface area contributed by atoms with E-state index in [1.165, 1.54) is 11.6 Å². The van der Waals surface area contributed by atoms with Crippen molar-refractivity contribution >= 4 is 11.9 Å². The van der Waals surface area contributed by atoms with Gasteiger partial charge in [-0.15, -0.1) is 0 Å². The van der Waals surface area contributed by atoms with Gasteiger partial charge in [0, 0.05) is 31.3 Å². The molecule has 0 aromatic rings. The highest BCUT2D eigenvalue weighted by molar-refractivity contribution is 5.82. The first-order valence-electron chi connectivity index (χ1n) is 16.6. The number of esters is 2. The lowest BCUT2D eigenvalue weighted by Gasteiger charge is -2.49. The molecule has 1 spiro atoms. The van der Waals surface area contributed by atoms with Crippen LogP contribution in [-0.2, 0) is 33.3 Å². The average molecular weight is 613 g/mol. The quantitative estimate of drug-likeness (QED) is 0.236. The van der Waals surface area contributed by atoms with Gasteiger partial charge >= 0.3 is 11.9 Å². The molecule has 1 aliphatic carbocycles. The minimum atomic E-state index is -0.968. The molecule has 44 heavy (non-hydrogen) atoms. The molecule has 8 heteroatoms. The molecule has 0 amide bonds. The summed E-state index contributed by atoms with van der Waals surface area (Å²) >= 11 is 0. The third-order valence-electron chi connectivity index (χ3n) is 10.2. The maximum Gasteiger partial charge on any atom is 0.331 e. The maximum absolute atomic E-state index is 14.2. The predicted octanol–water partition coefficient (Wildman–Crippen LogP) is 5.99. The number of carbonyl (C=O) groups excluding carboxylic acids is 2. The van der Waals surface area contributed by atoms with Gasteiger partial charge in [-0.05, 0) is 76.7 Å². The van der Waals surface area contributed by atoms with Crippen LogP contribution in [-0.4, -0.2) is 66.6 Å². The van der Waals surface area contributed by atoms with E-state index >= 15 is 0 Å². The molecule has 0 radical (unpaired) electrons. The number of fused-ring (bicyclic) bond motifs is 2. The van der Waals surface area contributed by atoms with Crippen LogP contribution >= 0.6 is 0 Å². The van der Waals surface area contributed by atoms with Gasteiger partial charge in [0.25, 0.3) is 0 Å². The Hall–Kier alpha value is -2.26. The smallest absolute Gasteiger partial charge is 0.331 e. The molecular weight excluding hydrogens is 560 g/mol. The van der Waals surface area contributed by atoms with Gasteiger partial charge in [0.2, 0.25) is 0 Å². The van der Waals surface area contributed by atoms with Crippen molar-refractivity contribution in [2.45, 2.75) is 123 Å². The van der Waals surface area contributed by atoms with Crippen LogP contribution < -0.4 is 0 Å². The standard InChI is InChI=1S/C36H52O8/c1-21(2)14-31(37)40-20-27-16-30-32-26(19-41-34(32)33(27)38)9-7-8-22(3)15-23(4)10-11-28-17-29(42-35(30)39)18-36(44-28)13-12-24(5)25(6)43-36/h7-8,10,14,16,22,24-26,28-30,32-34,38H,9,11-13,15,17-20H2,1-6H3. The number of carbonyl (C=O) groups is 2. The minimum absolute atomic E-state index is 0.0454. The van der Waals surface area contributed by atoms with E-state index in [9.17, 15) is 14.7 Å². The summed E-state index contributed by atoms with van der Waals surface area (Å²) in [6, 6.07) is 0. The first-order chi connectivity index (χ1) is 20.9. The van der Waals surface area contributed by atoms with Crippen LogP contribution in [0.5, 0.6) is 0 Å². The van der Waals surface area contributed by atoms with E-state index in [1.807, 2.05) is 13.8 Å². The van der Waals surface area contributed by atoms with Crippen molar-refractivity contribution < 1.29 is 38.4 Å². The van der Waals surface area contributed by atoms with E-state index < -0.39 is 29.9 Å². The molecule has 1 N–H and O–H groups in total. The van der Waals surface area contributed by atoms with Crippen LogP contribution in [0.3, 0.4) is 0 Å². The fourth-order valence-corrected chi connectivity index (χ4v) is 7.70. The van der Waals surface area contributed by atoms with Gasteiger partial charge in [-0.25, -0.2) is 4.79 Å². The van der Waals surface area contributed by atoms with E-state index in [4.69, 9.17) is 23.7 Å². The summed E-state index contributed by atoms with van der Waals surface area (Å²) in [4.78, 5) is 26.4. The van der Waals surface area contributed by atoms with Gasteiger partial charge in [-0.2, -0.15) is 0 Å².